The third kappa shape index (κ3) is 3.28. The second-order valence-electron chi connectivity index (χ2n) is 9.01. The molecular formula is C20H40BN. The highest BCUT2D eigenvalue weighted by Crippen LogP contribution is 2.43. The van der Waals surface area contributed by atoms with Crippen LogP contribution in [0.5, 0.6) is 0 Å². The Morgan fingerprint density at radius 1 is 0.864 bits per heavy atom. The lowest BCUT2D eigenvalue weighted by Gasteiger charge is -2.48. The van der Waals surface area contributed by atoms with Gasteiger partial charge in [-0.25, -0.2) is 0 Å². The smallest absolute Gasteiger partial charge is 0.145 e. The van der Waals surface area contributed by atoms with E-state index in [9.17, 15) is 0 Å². The predicted octanol–water partition coefficient (Wildman–Crippen LogP) is 5.55. The van der Waals surface area contributed by atoms with Gasteiger partial charge in [0.1, 0.15) is 6.71 Å². The van der Waals surface area contributed by atoms with Crippen molar-refractivity contribution in [1.82, 2.24) is 4.90 Å². The molecule has 0 aliphatic carbocycles. The summed E-state index contributed by atoms with van der Waals surface area (Å²) in [7, 11) is 0. The molecule has 0 aromatic heterocycles. The SMILES string of the molecule is CCB1CCN2C(C)C(C)C(C)C(C)C(C)C(C)CC2C1C. The Labute approximate surface area is 140 Å². The Morgan fingerprint density at radius 3 is 2.05 bits per heavy atom. The van der Waals surface area contributed by atoms with Gasteiger partial charge >= 0.3 is 0 Å². The minimum atomic E-state index is 0.736. The standard InChI is InChI=1S/C20H40BN/c1-9-21-10-11-22-19(8)17(6)16(5)15(4)14(3)13(2)12-20(22)18(21)7/h13-20H,9-12H2,1-8H3. The summed E-state index contributed by atoms with van der Waals surface area (Å²) in [5.74, 6) is 5.03. The molecule has 2 heterocycles. The summed E-state index contributed by atoms with van der Waals surface area (Å²) in [5.41, 5.74) is 0. The lowest BCUT2D eigenvalue weighted by molar-refractivity contribution is 0.0739. The number of hydrogen-bond donors (Lipinski definition) is 0. The van der Waals surface area contributed by atoms with Crippen LogP contribution in [0.3, 0.4) is 0 Å². The van der Waals surface area contributed by atoms with Crippen LogP contribution in [0.25, 0.3) is 0 Å². The van der Waals surface area contributed by atoms with Gasteiger partial charge in [-0.05, 0) is 55.3 Å². The largest absolute Gasteiger partial charge is 0.299 e. The van der Waals surface area contributed by atoms with Crippen molar-refractivity contribution < 1.29 is 0 Å². The first-order chi connectivity index (χ1) is 10.3. The summed E-state index contributed by atoms with van der Waals surface area (Å²) in [6.45, 7) is 22.3. The van der Waals surface area contributed by atoms with E-state index in [1.807, 2.05) is 0 Å². The maximum atomic E-state index is 2.92. The van der Waals surface area contributed by atoms with Crippen LogP contribution >= 0.6 is 0 Å². The van der Waals surface area contributed by atoms with Crippen LogP contribution in [0.1, 0.15) is 61.8 Å². The average molecular weight is 305 g/mol. The summed E-state index contributed by atoms with van der Waals surface area (Å²) < 4.78 is 0. The molecule has 0 amide bonds. The van der Waals surface area contributed by atoms with E-state index in [4.69, 9.17) is 0 Å². The molecule has 2 rings (SSSR count). The summed E-state index contributed by atoms with van der Waals surface area (Å²) in [6.07, 6.45) is 4.19. The molecule has 2 aliphatic heterocycles. The van der Waals surface area contributed by atoms with Crippen molar-refractivity contribution in [2.24, 2.45) is 29.6 Å². The van der Waals surface area contributed by atoms with Crippen LogP contribution in [-0.4, -0.2) is 30.2 Å². The van der Waals surface area contributed by atoms with Crippen molar-refractivity contribution >= 4 is 6.71 Å². The van der Waals surface area contributed by atoms with Gasteiger partial charge in [-0.3, -0.25) is 4.90 Å². The van der Waals surface area contributed by atoms with Crippen molar-refractivity contribution in [2.45, 2.75) is 92.4 Å². The first-order valence-corrected chi connectivity index (χ1v) is 10.0. The van der Waals surface area contributed by atoms with Crippen molar-refractivity contribution in [3.05, 3.63) is 0 Å². The van der Waals surface area contributed by atoms with E-state index in [0.29, 0.717) is 0 Å². The molecule has 0 aromatic rings. The summed E-state index contributed by atoms with van der Waals surface area (Å²) in [4.78, 5) is 2.92. The average Bonchev–Trinajstić information content (AvgIpc) is 2.53. The van der Waals surface area contributed by atoms with Crippen LogP contribution in [-0.2, 0) is 0 Å². The molecule has 1 nitrogen and oxygen atoms in total. The fourth-order valence-electron chi connectivity index (χ4n) is 5.60. The molecule has 2 aliphatic rings. The van der Waals surface area contributed by atoms with Crippen molar-refractivity contribution in [3.8, 4) is 0 Å². The third-order valence-electron chi connectivity index (χ3n) is 8.34. The maximum Gasteiger partial charge on any atom is 0.145 e. The first-order valence-electron chi connectivity index (χ1n) is 10.0. The molecule has 8 atom stereocenters. The van der Waals surface area contributed by atoms with E-state index >= 15 is 0 Å². The molecule has 0 spiro atoms. The molecule has 0 saturated carbocycles. The number of rotatable bonds is 1. The molecule has 2 saturated heterocycles. The lowest BCUT2D eigenvalue weighted by Crippen LogP contribution is -2.54. The summed E-state index contributed by atoms with van der Waals surface area (Å²) in [5, 5.41) is 0. The molecule has 128 valence electrons. The monoisotopic (exact) mass is 305 g/mol. The Balaban J connectivity index is 2.32. The predicted molar refractivity (Wildman–Crippen MR) is 101 cm³/mol. The normalized spacial score (nSPS) is 48.3. The Bertz CT molecular complexity index is 358. The van der Waals surface area contributed by atoms with Crippen molar-refractivity contribution in [3.63, 3.8) is 0 Å². The Kier molecular flexibility index (Phi) is 6.08. The van der Waals surface area contributed by atoms with Gasteiger partial charge in [0, 0.05) is 12.1 Å². The fourth-order valence-corrected chi connectivity index (χ4v) is 5.60. The Hall–Kier alpha value is 0.0249. The highest BCUT2D eigenvalue weighted by molar-refractivity contribution is 6.60. The molecule has 8 unspecified atom stereocenters. The first kappa shape index (κ1) is 18.4. The highest BCUT2D eigenvalue weighted by atomic mass is 15.2. The van der Waals surface area contributed by atoms with Gasteiger partial charge in [0.2, 0.25) is 0 Å². The van der Waals surface area contributed by atoms with Gasteiger partial charge in [0.25, 0.3) is 0 Å². The minimum Gasteiger partial charge on any atom is -0.299 e. The van der Waals surface area contributed by atoms with Crippen LogP contribution in [0, 0.1) is 29.6 Å². The maximum absolute atomic E-state index is 2.92. The van der Waals surface area contributed by atoms with E-state index in [0.717, 1.165) is 54.2 Å². The fraction of sp³-hybridized carbons (Fsp3) is 1.00. The zero-order chi connectivity index (χ0) is 16.6. The van der Waals surface area contributed by atoms with Crippen LogP contribution < -0.4 is 0 Å². The molecule has 22 heavy (non-hydrogen) atoms. The summed E-state index contributed by atoms with van der Waals surface area (Å²) in [6, 6.07) is 1.55. The zero-order valence-electron chi connectivity index (χ0n) is 16.5. The second-order valence-corrected chi connectivity index (χ2v) is 9.01. The van der Waals surface area contributed by atoms with Gasteiger partial charge in [0.05, 0.1) is 0 Å². The van der Waals surface area contributed by atoms with Gasteiger partial charge < -0.3 is 0 Å². The molecule has 2 fully saturated rings. The molecular weight excluding hydrogens is 265 g/mol. The van der Waals surface area contributed by atoms with Gasteiger partial charge in [0.15, 0.2) is 0 Å². The van der Waals surface area contributed by atoms with Gasteiger partial charge in [-0.2, -0.15) is 0 Å². The number of fused-ring (bicyclic) bond motifs is 1. The van der Waals surface area contributed by atoms with Crippen LogP contribution in [0.2, 0.25) is 18.5 Å². The molecule has 0 N–H and O–H groups in total. The highest BCUT2D eigenvalue weighted by Gasteiger charge is 2.43. The van der Waals surface area contributed by atoms with E-state index in [1.54, 1.807) is 0 Å². The zero-order valence-corrected chi connectivity index (χ0v) is 16.5. The number of hydrogen-bond acceptors (Lipinski definition) is 1. The summed E-state index contributed by atoms with van der Waals surface area (Å²) >= 11 is 0. The van der Waals surface area contributed by atoms with Crippen LogP contribution in [0.15, 0.2) is 0 Å². The van der Waals surface area contributed by atoms with E-state index < -0.39 is 0 Å². The van der Waals surface area contributed by atoms with Crippen molar-refractivity contribution in [1.29, 1.82) is 0 Å². The van der Waals surface area contributed by atoms with Gasteiger partial charge in [-0.15, -0.1) is 0 Å². The minimum absolute atomic E-state index is 0.736. The molecule has 0 aromatic carbocycles. The third-order valence-corrected chi connectivity index (χ3v) is 8.34. The molecule has 0 bridgehead atoms. The lowest BCUT2D eigenvalue weighted by atomic mass is 9.34. The molecule has 2 heteroatoms. The Morgan fingerprint density at radius 2 is 1.45 bits per heavy atom. The van der Waals surface area contributed by atoms with Gasteiger partial charge in [-0.1, -0.05) is 61.1 Å². The van der Waals surface area contributed by atoms with Crippen LogP contribution in [0.4, 0.5) is 0 Å². The quantitative estimate of drug-likeness (QED) is 0.574. The second kappa shape index (κ2) is 7.28. The van der Waals surface area contributed by atoms with Crippen molar-refractivity contribution in [2.75, 3.05) is 6.54 Å². The molecule has 0 radical (unpaired) electrons. The van der Waals surface area contributed by atoms with E-state index in [-0.39, 0.29) is 0 Å². The van der Waals surface area contributed by atoms with E-state index in [2.05, 4.69) is 60.3 Å². The topological polar surface area (TPSA) is 3.24 Å². The number of nitrogens with zero attached hydrogens (tertiary/aromatic N) is 1. The van der Waals surface area contributed by atoms with E-state index in [1.165, 1.54) is 25.6 Å².